The SMILES string of the molecule is CC(N)c1ccc(N(C)CCN2CCCC2)cn1. The van der Waals surface area contributed by atoms with Crippen molar-refractivity contribution < 1.29 is 0 Å². The van der Waals surface area contributed by atoms with E-state index < -0.39 is 0 Å². The Morgan fingerprint density at radius 3 is 2.67 bits per heavy atom. The molecule has 18 heavy (non-hydrogen) atoms. The summed E-state index contributed by atoms with van der Waals surface area (Å²) in [4.78, 5) is 9.19. The number of likely N-dealkylation sites (tertiary alicyclic amines) is 1. The number of likely N-dealkylation sites (N-methyl/N-ethyl adjacent to an activating group) is 1. The van der Waals surface area contributed by atoms with Crippen LogP contribution in [0.4, 0.5) is 5.69 Å². The third kappa shape index (κ3) is 3.43. The molecule has 1 aliphatic rings. The van der Waals surface area contributed by atoms with Gasteiger partial charge < -0.3 is 15.5 Å². The number of anilines is 1. The van der Waals surface area contributed by atoms with Crippen LogP contribution in [0.25, 0.3) is 0 Å². The lowest BCUT2D eigenvalue weighted by Crippen LogP contribution is -2.31. The molecule has 1 saturated heterocycles. The highest BCUT2D eigenvalue weighted by atomic mass is 15.2. The van der Waals surface area contributed by atoms with Crippen LogP contribution in [0.1, 0.15) is 31.5 Å². The van der Waals surface area contributed by atoms with E-state index in [1.54, 1.807) is 0 Å². The second-order valence-electron chi connectivity index (χ2n) is 5.20. The molecule has 0 saturated carbocycles. The van der Waals surface area contributed by atoms with E-state index in [1.165, 1.54) is 31.6 Å². The number of hydrogen-bond acceptors (Lipinski definition) is 4. The summed E-state index contributed by atoms with van der Waals surface area (Å²) in [5.41, 5.74) is 7.91. The molecule has 1 aromatic rings. The molecule has 1 aliphatic heterocycles. The first-order valence-corrected chi connectivity index (χ1v) is 6.82. The maximum Gasteiger partial charge on any atom is 0.0569 e. The predicted octanol–water partition coefficient (Wildman–Crippen LogP) is 1.63. The van der Waals surface area contributed by atoms with Gasteiger partial charge in [0.2, 0.25) is 0 Å². The van der Waals surface area contributed by atoms with Gasteiger partial charge in [0.25, 0.3) is 0 Å². The van der Waals surface area contributed by atoms with E-state index in [9.17, 15) is 0 Å². The third-order valence-electron chi connectivity index (χ3n) is 3.63. The lowest BCUT2D eigenvalue weighted by molar-refractivity contribution is 0.346. The zero-order valence-corrected chi connectivity index (χ0v) is 11.5. The summed E-state index contributed by atoms with van der Waals surface area (Å²) >= 11 is 0. The fourth-order valence-corrected chi connectivity index (χ4v) is 2.32. The van der Waals surface area contributed by atoms with Gasteiger partial charge in [-0.15, -0.1) is 0 Å². The van der Waals surface area contributed by atoms with E-state index in [2.05, 4.69) is 27.9 Å². The Morgan fingerprint density at radius 1 is 1.39 bits per heavy atom. The first-order chi connectivity index (χ1) is 8.66. The predicted molar refractivity (Wildman–Crippen MR) is 75.8 cm³/mol. The Bertz CT molecular complexity index is 355. The molecular weight excluding hydrogens is 224 g/mol. The molecule has 2 heterocycles. The zero-order chi connectivity index (χ0) is 13.0. The van der Waals surface area contributed by atoms with Crippen LogP contribution in [0.15, 0.2) is 18.3 Å². The minimum atomic E-state index is 0.00829. The molecule has 4 heteroatoms. The number of hydrogen-bond donors (Lipinski definition) is 1. The van der Waals surface area contributed by atoms with Gasteiger partial charge in [0.05, 0.1) is 17.6 Å². The summed E-state index contributed by atoms with van der Waals surface area (Å²) in [6.45, 7) is 6.68. The Kier molecular flexibility index (Phi) is 4.55. The van der Waals surface area contributed by atoms with E-state index in [1.807, 2.05) is 19.2 Å². The highest BCUT2D eigenvalue weighted by Gasteiger charge is 2.12. The summed E-state index contributed by atoms with van der Waals surface area (Å²) in [7, 11) is 2.12. The Hall–Kier alpha value is -1.13. The molecule has 0 spiro atoms. The van der Waals surface area contributed by atoms with Crippen molar-refractivity contribution in [1.29, 1.82) is 0 Å². The fourth-order valence-electron chi connectivity index (χ4n) is 2.32. The molecule has 2 rings (SSSR count). The van der Waals surface area contributed by atoms with Crippen LogP contribution in [0, 0.1) is 0 Å². The van der Waals surface area contributed by atoms with Gasteiger partial charge in [0.15, 0.2) is 0 Å². The van der Waals surface area contributed by atoms with Crippen molar-refractivity contribution in [2.24, 2.45) is 5.73 Å². The molecule has 0 radical (unpaired) electrons. The molecule has 0 aromatic carbocycles. The first-order valence-electron chi connectivity index (χ1n) is 6.82. The minimum absolute atomic E-state index is 0.00829. The van der Waals surface area contributed by atoms with Crippen LogP contribution in [-0.2, 0) is 0 Å². The second-order valence-corrected chi connectivity index (χ2v) is 5.20. The van der Waals surface area contributed by atoms with Gasteiger partial charge in [-0.3, -0.25) is 4.98 Å². The molecule has 1 fully saturated rings. The lowest BCUT2D eigenvalue weighted by atomic mass is 10.2. The number of rotatable bonds is 5. The molecule has 0 aliphatic carbocycles. The molecule has 100 valence electrons. The van der Waals surface area contributed by atoms with Gasteiger partial charge in [0.1, 0.15) is 0 Å². The molecule has 1 unspecified atom stereocenters. The monoisotopic (exact) mass is 248 g/mol. The third-order valence-corrected chi connectivity index (χ3v) is 3.63. The normalized spacial score (nSPS) is 17.9. The minimum Gasteiger partial charge on any atom is -0.372 e. The van der Waals surface area contributed by atoms with Gasteiger partial charge in [-0.05, 0) is 45.0 Å². The molecular formula is C14H24N4. The lowest BCUT2D eigenvalue weighted by Gasteiger charge is -2.23. The van der Waals surface area contributed by atoms with Crippen LogP contribution in [-0.4, -0.2) is 43.1 Å². The van der Waals surface area contributed by atoms with Crippen molar-refractivity contribution in [2.75, 3.05) is 38.1 Å². The van der Waals surface area contributed by atoms with Crippen LogP contribution in [0.2, 0.25) is 0 Å². The summed E-state index contributed by atoms with van der Waals surface area (Å²) in [6, 6.07) is 4.14. The first kappa shape index (κ1) is 13.3. The Morgan fingerprint density at radius 2 is 2.11 bits per heavy atom. The van der Waals surface area contributed by atoms with E-state index >= 15 is 0 Å². The number of pyridine rings is 1. The van der Waals surface area contributed by atoms with Gasteiger partial charge in [-0.1, -0.05) is 0 Å². The highest BCUT2D eigenvalue weighted by Crippen LogP contribution is 2.14. The number of aromatic nitrogens is 1. The van der Waals surface area contributed by atoms with E-state index in [0.29, 0.717) is 0 Å². The van der Waals surface area contributed by atoms with Crippen molar-refractivity contribution in [3.8, 4) is 0 Å². The molecule has 0 amide bonds. The molecule has 0 bridgehead atoms. The maximum atomic E-state index is 5.80. The van der Waals surface area contributed by atoms with Crippen molar-refractivity contribution >= 4 is 5.69 Å². The van der Waals surface area contributed by atoms with Crippen molar-refractivity contribution in [3.63, 3.8) is 0 Å². The molecule has 4 nitrogen and oxygen atoms in total. The second kappa shape index (κ2) is 6.16. The van der Waals surface area contributed by atoms with Crippen LogP contribution >= 0.6 is 0 Å². The number of nitrogens with zero attached hydrogens (tertiary/aromatic N) is 3. The van der Waals surface area contributed by atoms with Crippen LogP contribution in [0.5, 0.6) is 0 Å². The Labute approximate surface area is 110 Å². The molecule has 1 atom stereocenters. The van der Waals surface area contributed by atoms with Gasteiger partial charge in [-0.2, -0.15) is 0 Å². The standard InChI is InChI=1S/C14H24N4/c1-12(15)14-6-5-13(11-16-14)17(2)9-10-18-7-3-4-8-18/h5-6,11-12H,3-4,7-10,15H2,1-2H3. The highest BCUT2D eigenvalue weighted by molar-refractivity contribution is 5.43. The van der Waals surface area contributed by atoms with E-state index in [-0.39, 0.29) is 6.04 Å². The van der Waals surface area contributed by atoms with Gasteiger partial charge in [-0.25, -0.2) is 0 Å². The smallest absolute Gasteiger partial charge is 0.0569 e. The molecule has 1 aromatic heterocycles. The topological polar surface area (TPSA) is 45.4 Å². The fraction of sp³-hybridized carbons (Fsp3) is 0.643. The van der Waals surface area contributed by atoms with Crippen LogP contribution in [0.3, 0.4) is 0 Å². The summed E-state index contributed by atoms with van der Waals surface area (Å²) in [5, 5.41) is 0. The van der Waals surface area contributed by atoms with Gasteiger partial charge >= 0.3 is 0 Å². The Balaban J connectivity index is 1.85. The average Bonchev–Trinajstić information content (AvgIpc) is 2.89. The van der Waals surface area contributed by atoms with Crippen molar-refractivity contribution in [1.82, 2.24) is 9.88 Å². The summed E-state index contributed by atoms with van der Waals surface area (Å²) < 4.78 is 0. The van der Waals surface area contributed by atoms with E-state index in [0.717, 1.165) is 18.8 Å². The van der Waals surface area contributed by atoms with Gasteiger partial charge in [0, 0.05) is 26.2 Å². The average molecular weight is 248 g/mol. The number of nitrogens with two attached hydrogens (primary N) is 1. The zero-order valence-electron chi connectivity index (χ0n) is 11.5. The van der Waals surface area contributed by atoms with Crippen molar-refractivity contribution in [2.45, 2.75) is 25.8 Å². The summed E-state index contributed by atoms with van der Waals surface area (Å²) in [6.07, 6.45) is 4.63. The summed E-state index contributed by atoms with van der Waals surface area (Å²) in [5.74, 6) is 0. The largest absolute Gasteiger partial charge is 0.372 e. The van der Waals surface area contributed by atoms with Crippen molar-refractivity contribution in [3.05, 3.63) is 24.0 Å². The van der Waals surface area contributed by atoms with Crippen LogP contribution < -0.4 is 10.6 Å². The quantitative estimate of drug-likeness (QED) is 0.860. The maximum absolute atomic E-state index is 5.80. The van der Waals surface area contributed by atoms with E-state index in [4.69, 9.17) is 5.73 Å². The molecule has 2 N–H and O–H groups in total.